The number of phenolic OH excluding ortho intramolecular Hbond substituents is 1. The Morgan fingerprint density at radius 3 is 2.81 bits per heavy atom. The molecule has 26 heavy (non-hydrogen) atoms. The summed E-state index contributed by atoms with van der Waals surface area (Å²) >= 11 is 2.25. The highest BCUT2D eigenvalue weighted by Crippen LogP contribution is 2.27. The number of amides is 1. The van der Waals surface area contributed by atoms with Crippen LogP contribution in [0.5, 0.6) is 11.5 Å². The normalized spacial score (nSPS) is 12.0. The molecule has 0 aliphatic heterocycles. The number of hydrogen-bond donors (Lipinski definition) is 3. The summed E-state index contributed by atoms with van der Waals surface area (Å²) in [5.41, 5.74) is 4.97. The Morgan fingerprint density at radius 1 is 1.38 bits per heavy atom. The summed E-state index contributed by atoms with van der Waals surface area (Å²) in [6, 6.07) is 10.7. The predicted octanol–water partition coefficient (Wildman–Crippen LogP) is 3.65. The highest BCUT2D eigenvalue weighted by atomic mass is 127. The van der Waals surface area contributed by atoms with Crippen LogP contribution in [0.3, 0.4) is 0 Å². The fourth-order valence-corrected chi connectivity index (χ4v) is 3.03. The third-order valence-corrected chi connectivity index (χ3v) is 4.54. The average molecular weight is 467 g/mol. The first kappa shape index (κ1) is 20.0. The highest BCUT2D eigenvalue weighted by molar-refractivity contribution is 14.1. The highest BCUT2D eigenvalue weighted by Gasteiger charge is 2.16. The summed E-state index contributed by atoms with van der Waals surface area (Å²) in [5, 5.41) is 17.2. The minimum Gasteiger partial charge on any atom is -0.504 e. The van der Waals surface area contributed by atoms with Crippen molar-refractivity contribution in [3.8, 4) is 11.5 Å². The molecule has 1 amide bonds. The number of aromatic hydroxyl groups is 1. The van der Waals surface area contributed by atoms with E-state index in [1.54, 1.807) is 18.2 Å². The number of rotatable bonds is 7. The van der Waals surface area contributed by atoms with Crippen molar-refractivity contribution in [2.45, 2.75) is 26.3 Å². The van der Waals surface area contributed by atoms with Gasteiger partial charge in [0.05, 0.1) is 13.3 Å². The maximum atomic E-state index is 12.4. The largest absolute Gasteiger partial charge is 0.504 e. The number of benzene rings is 2. The topological polar surface area (TPSA) is 83.0 Å². The summed E-state index contributed by atoms with van der Waals surface area (Å²) < 4.78 is 6.19. The molecule has 2 rings (SSSR count). The Labute approximate surface area is 166 Å². The van der Waals surface area contributed by atoms with Gasteiger partial charge in [0, 0.05) is 14.8 Å². The number of hydrazone groups is 1. The number of anilines is 1. The Bertz CT molecular complexity index is 809. The van der Waals surface area contributed by atoms with Crippen LogP contribution in [-0.4, -0.2) is 30.4 Å². The SMILES string of the molecule is CC[C@H](Nc1ccc(I)cc1C)C(=O)N/N=C\c1cccc(OC)c1O. The molecule has 3 N–H and O–H groups in total. The van der Waals surface area contributed by atoms with Gasteiger partial charge in [-0.3, -0.25) is 4.79 Å². The molecule has 0 radical (unpaired) electrons. The number of methoxy groups -OCH3 is 1. The zero-order valence-electron chi connectivity index (χ0n) is 14.9. The minimum atomic E-state index is -0.412. The lowest BCUT2D eigenvalue weighted by Crippen LogP contribution is -2.37. The second-order valence-corrected chi connectivity index (χ2v) is 6.94. The van der Waals surface area contributed by atoms with Crippen LogP contribution in [0, 0.1) is 10.5 Å². The monoisotopic (exact) mass is 467 g/mol. The number of nitrogens with zero attached hydrogens (tertiary/aromatic N) is 1. The Morgan fingerprint density at radius 2 is 2.15 bits per heavy atom. The predicted molar refractivity (Wildman–Crippen MR) is 112 cm³/mol. The number of carbonyl (C=O) groups excluding carboxylic acids is 1. The summed E-state index contributed by atoms with van der Waals surface area (Å²) in [6.45, 7) is 3.93. The van der Waals surface area contributed by atoms with Crippen molar-refractivity contribution in [2.75, 3.05) is 12.4 Å². The van der Waals surface area contributed by atoms with Gasteiger partial charge in [0.25, 0.3) is 5.91 Å². The van der Waals surface area contributed by atoms with Crippen LogP contribution in [0.25, 0.3) is 0 Å². The Balaban J connectivity index is 2.03. The lowest BCUT2D eigenvalue weighted by Gasteiger charge is -2.18. The molecule has 0 aliphatic carbocycles. The second kappa shape index (κ2) is 9.42. The van der Waals surface area contributed by atoms with Crippen molar-refractivity contribution in [3.63, 3.8) is 0 Å². The summed E-state index contributed by atoms with van der Waals surface area (Å²) in [4.78, 5) is 12.4. The maximum absolute atomic E-state index is 12.4. The first-order valence-corrected chi connectivity index (χ1v) is 9.25. The summed E-state index contributed by atoms with van der Waals surface area (Å²) in [7, 11) is 1.47. The van der Waals surface area contributed by atoms with Crippen molar-refractivity contribution in [1.82, 2.24) is 5.43 Å². The van der Waals surface area contributed by atoms with Gasteiger partial charge in [-0.25, -0.2) is 5.43 Å². The van der Waals surface area contributed by atoms with E-state index in [9.17, 15) is 9.90 Å². The summed E-state index contributed by atoms with van der Waals surface area (Å²) in [5.74, 6) is 0.0827. The van der Waals surface area contributed by atoms with E-state index in [0.29, 0.717) is 17.7 Å². The molecule has 2 aromatic carbocycles. The van der Waals surface area contributed by atoms with E-state index >= 15 is 0 Å². The average Bonchev–Trinajstić information content (AvgIpc) is 2.62. The molecular weight excluding hydrogens is 445 g/mol. The first-order valence-electron chi connectivity index (χ1n) is 8.17. The van der Waals surface area contributed by atoms with Gasteiger partial charge in [0.15, 0.2) is 11.5 Å². The number of aryl methyl sites for hydroxylation is 1. The quantitative estimate of drug-likeness (QED) is 0.330. The van der Waals surface area contributed by atoms with Crippen LogP contribution in [0.15, 0.2) is 41.5 Å². The van der Waals surface area contributed by atoms with Crippen LogP contribution in [0.1, 0.15) is 24.5 Å². The third-order valence-electron chi connectivity index (χ3n) is 3.87. The van der Waals surface area contributed by atoms with E-state index in [1.807, 2.05) is 26.0 Å². The molecule has 2 aromatic rings. The Hall–Kier alpha value is -2.29. The summed E-state index contributed by atoms with van der Waals surface area (Å²) in [6.07, 6.45) is 2.00. The van der Waals surface area contributed by atoms with E-state index in [-0.39, 0.29) is 11.7 Å². The van der Waals surface area contributed by atoms with E-state index in [2.05, 4.69) is 44.5 Å². The molecule has 0 saturated heterocycles. The molecule has 0 saturated carbocycles. The molecule has 0 bridgehead atoms. The van der Waals surface area contributed by atoms with Crippen molar-refractivity contribution < 1.29 is 14.6 Å². The molecule has 1 atom stereocenters. The van der Waals surface area contributed by atoms with Gasteiger partial charge in [0.2, 0.25) is 0 Å². The fraction of sp³-hybridized carbons (Fsp3) is 0.263. The molecule has 0 fully saturated rings. The van der Waals surface area contributed by atoms with Gasteiger partial charge in [-0.15, -0.1) is 0 Å². The second-order valence-electron chi connectivity index (χ2n) is 5.70. The third kappa shape index (κ3) is 5.10. The fourth-order valence-electron chi connectivity index (χ4n) is 2.38. The molecule has 0 aliphatic rings. The molecule has 0 heterocycles. The lowest BCUT2D eigenvalue weighted by molar-refractivity contribution is -0.121. The van der Waals surface area contributed by atoms with Crippen LogP contribution in [-0.2, 0) is 4.79 Å². The smallest absolute Gasteiger partial charge is 0.262 e. The van der Waals surface area contributed by atoms with E-state index < -0.39 is 6.04 Å². The van der Waals surface area contributed by atoms with E-state index in [4.69, 9.17) is 4.74 Å². The van der Waals surface area contributed by atoms with Crippen LogP contribution in [0.4, 0.5) is 5.69 Å². The van der Waals surface area contributed by atoms with Gasteiger partial charge in [0.1, 0.15) is 6.04 Å². The van der Waals surface area contributed by atoms with Crippen molar-refractivity contribution >= 4 is 40.4 Å². The minimum absolute atomic E-state index is 0.0207. The number of ether oxygens (including phenoxy) is 1. The molecule has 0 unspecified atom stereocenters. The van der Waals surface area contributed by atoms with Crippen molar-refractivity contribution in [2.24, 2.45) is 5.10 Å². The number of halogens is 1. The molecule has 138 valence electrons. The van der Waals surface area contributed by atoms with Crippen molar-refractivity contribution in [1.29, 1.82) is 0 Å². The van der Waals surface area contributed by atoms with Crippen LogP contribution >= 0.6 is 22.6 Å². The number of phenols is 1. The van der Waals surface area contributed by atoms with Gasteiger partial charge >= 0.3 is 0 Å². The van der Waals surface area contributed by atoms with Crippen LogP contribution in [0.2, 0.25) is 0 Å². The zero-order valence-corrected chi connectivity index (χ0v) is 17.1. The van der Waals surface area contributed by atoms with Gasteiger partial charge in [-0.1, -0.05) is 13.0 Å². The molecule has 0 spiro atoms. The van der Waals surface area contributed by atoms with Gasteiger partial charge < -0.3 is 15.2 Å². The molecule has 0 aromatic heterocycles. The van der Waals surface area contributed by atoms with Gasteiger partial charge in [-0.2, -0.15) is 5.10 Å². The first-order chi connectivity index (χ1) is 12.5. The molecule has 7 heteroatoms. The maximum Gasteiger partial charge on any atom is 0.262 e. The van der Waals surface area contributed by atoms with E-state index in [0.717, 1.165) is 14.8 Å². The number of hydrogen-bond acceptors (Lipinski definition) is 5. The number of para-hydroxylation sites is 1. The van der Waals surface area contributed by atoms with E-state index in [1.165, 1.54) is 13.3 Å². The molecule has 6 nitrogen and oxygen atoms in total. The Kier molecular flexibility index (Phi) is 7.26. The number of carbonyl (C=O) groups is 1. The van der Waals surface area contributed by atoms with Crippen molar-refractivity contribution in [3.05, 3.63) is 51.1 Å². The standard InChI is InChI=1S/C19H22IN3O3/c1-4-15(22-16-9-8-14(20)10-12(16)2)19(25)23-21-11-13-6-5-7-17(26-3)18(13)24/h5-11,15,22,24H,4H2,1-3H3,(H,23,25)/b21-11-/t15-/m0/s1. The van der Waals surface area contributed by atoms with Crippen LogP contribution < -0.4 is 15.5 Å². The zero-order chi connectivity index (χ0) is 19.1. The lowest BCUT2D eigenvalue weighted by atomic mass is 10.1. The van der Waals surface area contributed by atoms with Gasteiger partial charge in [-0.05, 0) is 71.8 Å². The molecular formula is C19H22IN3O3. The number of nitrogens with one attached hydrogen (secondary N) is 2.